The average Bonchev–Trinajstić information content (AvgIpc) is 2.82. The van der Waals surface area contributed by atoms with E-state index in [2.05, 4.69) is 22.3 Å². The maximum absolute atomic E-state index is 12.9. The lowest BCUT2D eigenvalue weighted by molar-refractivity contribution is -0.127. The van der Waals surface area contributed by atoms with Crippen LogP contribution in [0.15, 0.2) is 53.4 Å². The molecule has 2 aromatic rings. The summed E-state index contributed by atoms with van der Waals surface area (Å²) in [4.78, 5) is 15.6. The van der Waals surface area contributed by atoms with E-state index in [1.165, 1.54) is 9.87 Å². The minimum Gasteiger partial charge on any atom is -0.353 e. The van der Waals surface area contributed by atoms with Crippen molar-refractivity contribution in [2.24, 2.45) is 5.92 Å². The van der Waals surface area contributed by atoms with Gasteiger partial charge in [-0.3, -0.25) is 9.69 Å². The Morgan fingerprint density at radius 3 is 2.15 bits per heavy atom. The summed E-state index contributed by atoms with van der Waals surface area (Å²) in [5, 5.41) is 3.97. The minimum absolute atomic E-state index is 0.0681. The lowest BCUT2D eigenvalue weighted by Crippen LogP contribution is -2.48. The Bertz CT molecular complexity index is 1040. The molecule has 0 radical (unpaired) electrons. The van der Waals surface area contributed by atoms with Crippen LogP contribution >= 0.6 is 11.6 Å². The number of hydrogen-bond acceptors (Lipinski definition) is 4. The van der Waals surface area contributed by atoms with E-state index in [-0.39, 0.29) is 17.9 Å². The smallest absolute Gasteiger partial charge is 0.243 e. The van der Waals surface area contributed by atoms with E-state index in [1.54, 1.807) is 12.1 Å². The maximum atomic E-state index is 12.9. The number of nitrogens with zero attached hydrogens (tertiary/aromatic N) is 2. The van der Waals surface area contributed by atoms with Crippen LogP contribution in [0.1, 0.15) is 36.8 Å². The van der Waals surface area contributed by atoms with Crippen LogP contribution in [0.4, 0.5) is 0 Å². The van der Waals surface area contributed by atoms with E-state index in [4.69, 9.17) is 11.6 Å². The Labute approximate surface area is 202 Å². The van der Waals surface area contributed by atoms with Gasteiger partial charge >= 0.3 is 0 Å². The fourth-order valence-electron chi connectivity index (χ4n) is 4.62. The third kappa shape index (κ3) is 6.15. The van der Waals surface area contributed by atoms with E-state index in [1.807, 2.05) is 31.2 Å². The predicted octanol–water partition coefficient (Wildman–Crippen LogP) is 3.83. The lowest BCUT2D eigenvalue weighted by atomic mass is 9.95. The number of halogens is 1. The van der Waals surface area contributed by atoms with Gasteiger partial charge in [-0.25, -0.2) is 8.42 Å². The summed E-state index contributed by atoms with van der Waals surface area (Å²) in [5.74, 6) is -0.0555. The molecule has 6 nitrogen and oxygen atoms in total. The Kier molecular flexibility index (Phi) is 7.74. The van der Waals surface area contributed by atoms with Gasteiger partial charge < -0.3 is 5.32 Å². The van der Waals surface area contributed by atoms with Crippen LogP contribution in [-0.2, 0) is 21.4 Å². The summed E-state index contributed by atoms with van der Waals surface area (Å²) < 4.78 is 27.3. The van der Waals surface area contributed by atoms with Crippen LogP contribution < -0.4 is 5.32 Å². The van der Waals surface area contributed by atoms with Gasteiger partial charge in [0.2, 0.25) is 15.9 Å². The fraction of sp³-hybridized carbons (Fsp3) is 0.480. The highest BCUT2D eigenvalue weighted by Crippen LogP contribution is 2.25. The number of rotatable bonds is 6. The first-order chi connectivity index (χ1) is 15.8. The Morgan fingerprint density at radius 2 is 1.55 bits per heavy atom. The fourth-order valence-corrected chi connectivity index (χ4v) is 6.22. The molecular formula is C25H32ClN3O3S. The molecule has 4 rings (SSSR count). The molecule has 0 atom stereocenters. The number of sulfonamides is 1. The van der Waals surface area contributed by atoms with Crippen molar-refractivity contribution in [3.8, 4) is 0 Å². The highest BCUT2D eigenvalue weighted by atomic mass is 35.5. The minimum atomic E-state index is -3.50. The van der Waals surface area contributed by atoms with Crippen molar-refractivity contribution in [1.82, 2.24) is 14.5 Å². The molecule has 0 aromatic heterocycles. The number of amides is 1. The van der Waals surface area contributed by atoms with E-state index < -0.39 is 10.0 Å². The average molecular weight is 490 g/mol. The standard InChI is InChI=1S/C25H32ClN3O3S/c1-19-2-8-24(9-3-19)33(31,32)29-16-10-21(11-17-29)25(30)27-23-12-14-28(15-13-23)18-20-4-6-22(26)7-5-20/h2-9,21,23H,10-18H2,1H3,(H,27,30). The van der Waals surface area contributed by atoms with Gasteiger partial charge in [0.25, 0.3) is 0 Å². The number of nitrogens with one attached hydrogen (secondary N) is 1. The molecule has 2 aliphatic rings. The Hall–Kier alpha value is -1.93. The summed E-state index contributed by atoms with van der Waals surface area (Å²) >= 11 is 5.96. The number of carbonyl (C=O) groups is 1. The first-order valence-corrected chi connectivity index (χ1v) is 13.5. The van der Waals surface area contributed by atoms with Gasteiger partial charge in [-0.05, 0) is 62.4 Å². The summed E-state index contributed by atoms with van der Waals surface area (Å²) in [6, 6.07) is 15.1. The van der Waals surface area contributed by atoms with E-state index >= 15 is 0 Å². The monoisotopic (exact) mass is 489 g/mol. The lowest BCUT2D eigenvalue weighted by Gasteiger charge is -2.34. The van der Waals surface area contributed by atoms with Crippen LogP contribution in [0.5, 0.6) is 0 Å². The maximum Gasteiger partial charge on any atom is 0.243 e. The van der Waals surface area contributed by atoms with E-state index in [9.17, 15) is 13.2 Å². The molecule has 2 aliphatic heterocycles. The highest BCUT2D eigenvalue weighted by molar-refractivity contribution is 7.89. The normalized spacial score (nSPS) is 19.5. The highest BCUT2D eigenvalue weighted by Gasteiger charge is 2.33. The quantitative estimate of drug-likeness (QED) is 0.669. The van der Waals surface area contributed by atoms with Crippen LogP contribution in [-0.4, -0.2) is 55.8 Å². The molecule has 2 heterocycles. The first kappa shape index (κ1) is 24.2. The number of benzene rings is 2. The molecule has 2 saturated heterocycles. The molecule has 0 aliphatic carbocycles. The number of hydrogen-bond donors (Lipinski definition) is 1. The zero-order chi connectivity index (χ0) is 23.4. The number of aryl methyl sites for hydroxylation is 1. The Balaban J connectivity index is 1.22. The SMILES string of the molecule is Cc1ccc(S(=O)(=O)N2CCC(C(=O)NC3CCN(Cc4ccc(Cl)cc4)CC3)CC2)cc1. The molecule has 0 bridgehead atoms. The summed E-state index contributed by atoms with van der Waals surface area (Å²) in [5.41, 5.74) is 2.27. The van der Waals surface area contributed by atoms with Crippen molar-refractivity contribution in [2.45, 2.75) is 50.1 Å². The van der Waals surface area contributed by atoms with E-state index in [0.29, 0.717) is 30.8 Å². The van der Waals surface area contributed by atoms with Gasteiger partial charge in [0.1, 0.15) is 0 Å². The van der Waals surface area contributed by atoms with Crippen molar-refractivity contribution >= 4 is 27.5 Å². The number of piperidine rings is 2. The zero-order valence-corrected chi connectivity index (χ0v) is 20.6. The number of carbonyl (C=O) groups excluding carboxylic acids is 1. The molecule has 2 fully saturated rings. The van der Waals surface area contributed by atoms with Crippen molar-refractivity contribution in [1.29, 1.82) is 0 Å². The summed E-state index contributed by atoms with van der Waals surface area (Å²) in [7, 11) is -3.50. The second-order valence-corrected chi connectivity index (χ2v) is 11.6. The third-order valence-corrected chi connectivity index (χ3v) is 8.90. The molecule has 0 unspecified atom stereocenters. The predicted molar refractivity (Wildman–Crippen MR) is 131 cm³/mol. The van der Waals surface area contributed by atoms with Gasteiger partial charge in [-0.15, -0.1) is 0 Å². The molecular weight excluding hydrogens is 458 g/mol. The molecule has 1 amide bonds. The van der Waals surface area contributed by atoms with Crippen molar-refractivity contribution < 1.29 is 13.2 Å². The number of likely N-dealkylation sites (tertiary alicyclic amines) is 1. The van der Waals surface area contributed by atoms with Gasteiger partial charge in [-0.1, -0.05) is 41.4 Å². The van der Waals surface area contributed by atoms with Gasteiger partial charge in [0.05, 0.1) is 4.90 Å². The molecule has 0 spiro atoms. The second kappa shape index (κ2) is 10.6. The molecule has 8 heteroatoms. The van der Waals surface area contributed by atoms with E-state index in [0.717, 1.165) is 43.1 Å². The van der Waals surface area contributed by atoms with Crippen LogP contribution in [0.2, 0.25) is 5.02 Å². The molecule has 0 saturated carbocycles. The van der Waals surface area contributed by atoms with Crippen molar-refractivity contribution in [3.05, 3.63) is 64.7 Å². The molecule has 33 heavy (non-hydrogen) atoms. The van der Waals surface area contributed by atoms with Crippen molar-refractivity contribution in [2.75, 3.05) is 26.2 Å². The van der Waals surface area contributed by atoms with Crippen LogP contribution in [0.3, 0.4) is 0 Å². The summed E-state index contributed by atoms with van der Waals surface area (Å²) in [6.45, 7) is 5.49. The van der Waals surface area contributed by atoms with Gasteiger partial charge in [0.15, 0.2) is 0 Å². The largest absolute Gasteiger partial charge is 0.353 e. The third-order valence-electron chi connectivity index (χ3n) is 6.74. The van der Waals surface area contributed by atoms with Gasteiger partial charge in [-0.2, -0.15) is 4.31 Å². The molecule has 2 aromatic carbocycles. The topological polar surface area (TPSA) is 69.7 Å². The van der Waals surface area contributed by atoms with Gasteiger partial charge in [0, 0.05) is 49.7 Å². The van der Waals surface area contributed by atoms with Crippen LogP contribution in [0.25, 0.3) is 0 Å². The summed E-state index contributed by atoms with van der Waals surface area (Å²) in [6.07, 6.45) is 2.98. The van der Waals surface area contributed by atoms with Crippen molar-refractivity contribution in [3.63, 3.8) is 0 Å². The molecule has 178 valence electrons. The zero-order valence-electron chi connectivity index (χ0n) is 19.0. The Morgan fingerprint density at radius 1 is 0.939 bits per heavy atom. The second-order valence-electron chi connectivity index (χ2n) is 9.18. The molecule has 1 N–H and O–H groups in total. The first-order valence-electron chi connectivity index (χ1n) is 11.7. The van der Waals surface area contributed by atoms with Crippen LogP contribution in [0, 0.1) is 12.8 Å².